The van der Waals surface area contributed by atoms with Gasteiger partial charge in [-0.05, 0) is 24.1 Å². The van der Waals surface area contributed by atoms with Crippen LogP contribution in [0.3, 0.4) is 0 Å². The number of aromatic amines is 1. The smallest absolute Gasteiger partial charge is 0.275 e. The minimum Gasteiger partial charge on any atom is -0.361 e. The molecule has 108 valence electrons. The Morgan fingerprint density at radius 3 is 3.05 bits per heavy atom. The fourth-order valence-corrected chi connectivity index (χ4v) is 3.23. The van der Waals surface area contributed by atoms with E-state index in [-0.39, 0.29) is 5.91 Å². The quantitative estimate of drug-likeness (QED) is 0.762. The molecule has 3 rings (SSSR count). The number of aromatic nitrogens is 2. The Balaban J connectivity index is 1.80. The van der Waals surface area contributed by atoms with E-state index in [0.29, 0.717) is 11.6 Å². The molecule has 21 heavy (non-hydrogen) atoms. The van der Waals surface area contributed by atoms with Crippen LogP contribution in [0.15, 0.2) is 35.8 Å². The summed E-state index contributed by atoms with van der Waals surface area (Å²) in [5, 5.41) is 6.78. The highest BCUT2D eigenvalue weighted by molar-refractivity contribution is 7.09. The van der Waals surface area contributed by atoms with E-state index in [2.05, 4.69) is 29.1 Å². The van der Waals surface area contributed by atoms with Gasteiger partial charge in [0.2, 0.25) is 0 Å². The maximum absolute atomic E-state index is 12.3. The molecule has 2 aromatic heterocycles. The van der Waals surface area contributed by atoms with Crippen LogP contribution in [-0.4, -0.2) is 15.9 Å². The van der Waals surface area contributed by atoms with Crippen LogP contribution in [0.5, 0.6) is 0 Å². The third-order valence-corrected chi connectivity index (χ3v) is 4.08. The summed E-state index contributed by atoms with van der Waals surface area (Å²) in [7, 11) is 0. The fourth-order valence-electron chi connectivity index (χ4n) is 2.24. The van der Waals surface area contributed by atoms with Crippen LogP contribution in [0.4, 0.5) is 5.69 Å². The summed E-state index contributed by atoms with van der Waals surface area (Å²) in [5.41, 5.74) is 2.30. The lowest BCUT2D eigenvalue weighted by Gasteiger charge is -2.04. The monoisotopic (exact) mass is 299 g/mol. The zero-order valence-electron chi connectivity index (χ0n) is 12.0. The molecule has 1 amide bonds. The van der Waals surface area contributed by atoms with E-state index in [0.717, 1.165) is 28.0 Å². The predicted molar refractivity (Wildman–Crippen MR) is 86.9 cm³/mol. The molecule has 0 aliphatic rings. The molecule has 0 saturated carbocycles. The number of hydrogen-bond acceptors (Lipinski definition) is 3. The van der Waals surface area contributed by atoms with Gasteiger partial charge >= 0.3 is 0 Å². The van der Waals surface area contributed by atoms with E-state index in [1.165, 1.54) is 0 Å². The fraction of sp³-hybridized carbons (Fsp3) is 0.250. The van der Waals surface area contributed by atoms with Crippen molar-refractivity contribution in [3.8, 4) is 0 Å². The maximum Gasteiger partial charge on any atom is 0.275 e. The maximum atomic E-state index is 12.3. The number of amides is 1. The first-order chi connectivity index (χ1) is 10.1. The third kappa shape index (κ3) is 2.97. The van der Waals surface area contributed by atoms with Gasteiger partial charge in [0.1, 0.15) is 5.69 Å². The lowest BCUT2D eigenvalue weighted by molar-refractivity contribution is 0.102. The number of fused-ring (bicyclic) bond motifs is 1. The summed E-state index contributed by atoms with van der Waals surface area (Å²) in [6, 6.07) is 7.75. The first kappa shape index (κ1) is 13.8. The van der Waals surface area contributed by atoms with Crippen molar-refractivity contribution >= 4 is 33.8 Å². The lowest BCUT2D eigenvalue weighted by atomic mass is 10.1. The van der Waals surface area contributed by atoms with Crippen molar-refractivity contribution in [2.45, 2.75) is 20.3 Å². The summed E-state index contributed by atoms with van der Waals surface area (Å²) in [5.74, 6) is 0.385. The zero-order chi connectivity index (χ0) is 14.8. The van der Waals surface area contributed by atoms with Gasteiger partial charge in [0.25, 0.3) is 5.91 Å². The molecule has 1 aromatic carbocycles. The Labute approximate surface area is 127 Å². The number of thiazole rings is 1. The van der Waals surface area contributed by atoms with Gasteiger partial charge in [-0.3, -0.25) is 4.79 Å². The summed E-state index contributed by atoms with van der Waals surface area (Å²) in [6.45, 7) is 4.29. The van der Waals surface area contributed by atoms with Gasteiger partial charge in [0.05, 0.1) is 10.7 Å². The van der Waals surface area contributed by atoms with Crippen LogP contribution in [0.25, 0.3) is 10.9 Å². The molecule has 0 spiro atoms. The highest BCUT2D eigenvalue weighted by Crippen LogP contribution is 2.23. The van der Waals surface area contributed by atoms with Gasteiger partial charge in [-0.15, -0.1) is 11.3 Å². The van der Waals surface area contributed by atoms with Gasteiger partial charge in [-0.25, -0.2) is 4.98 Å². The minimum atomic E-state index is -0.157. The molecule has 0 bridgehead atoms. The van der Waals surface area contributed by atoms with Crippen molar-refractivity contribution in [3.63, 3.8) is 0 Å². The number of anilines is 1. The molecule has 0 unspecified atom stereocenters. The topological polar surface area (TPSA) is 57.8 Å². The number of nitrogens with zero attached hydrogens (tertiary/aromatic N) is 1. The van der Waals surface area contributed by atoms with E-state index in [4.69, 9.17) is 0 Å². The largest absolute Gasteiger partial charge is 0.361 e. The van der Waals surface area contributed by atoms with Gasteiger partial charge in [0, 0.05) is 28.9 Å². The van der Waals surface area contributed by atoms with E-state index >= 15 is 0 Å². The highest BCUT2D eigenvalue weighted by atomic mass is 32.1. The Morgan fingerprint density at radius 1 is 1.38 bits per heavy atom. The molecule has 5 heteroatoms. The van der Waals surface area contributed by atoms with Crippen LogP contribution in [0.2, 0.25) is 0 Å². The third-order valence-electron chi connectivity index (χ3n) is 3.21. The number of rotatable bonds is 4. The van der Waals surface area contributed by atoms with E-state index in [1.807, 2.05) is 35.8 Å². The summed E-state index contributed by atoms with van der Waals surface area (Å²) < 4.78 is 0. The molecular formula is C16H17N3OS. The molecule has 2 heterocycles. The van der Waals surface area contributed by atoms with Gasteiger partial charge in [-0.2, -0.15) is 0 Å². The Morgan fingerprint density at radius 2 is 2.24 bits per heavy atom. The van der Waals surface area contributed by atoms with Gasteiger partial charge in [-0.1, -0.05) is 19.9 Å². The number of carbonyl (C=O) groups is 1. The first-order valence-electron chi connectivity index (χ1n) is 6.95. The predicted octanol–water partition coefficient (Wildman–Crippen LogP) is 4.08. The van der Waals surface area contributed by atoms with Crippen molar-refractivity contribution in [1.29, 1.82) is 0 Å². The summed E-state index contributed by atoms with van der Waals surface area (Å²) in [4.78, 5) is 19.8. The van der Waals surface area contributed by atoms with Crippen molar-refractivity contribution in [2.75, 3.05) is 5.32 Å². The number of carbonyl (C=O) groups excluding carboxylic acids is 1. The molecule has 0 saturated heterocycles. The molecule has 0 aliphatic carbocycles. The molecule has 0 radical (unpaired) electrons. The van der Waals surface area contributed by atoms with Crippen molar-refractivity contribution in [3.05, 3.63) is 46.5 Å². The van der Waals surface area contributed by atoms with E-state index < -0.39 is 0 Å². The molecule has 0 aliphatic heterocycles. The Hall–Kier alpha value is -2.14. The molecule has 0 fully saturated rings. The number of hydrogen-bond donors (Lipinski definition) is 2. The summed E-state index contributed by atoms with van der Waals surface area (Å²) >= 11 is 1.54. The average molecular weight is 299 g/mol. The molecular weight excluding hydrogens is 282 g/mol. The molecule has 2 N–H and O–H groups in total. The molecule has 0 atom stereocenters. The second kappa shape index (κ2) is 5.69. The normalized spacial score (nSPS) is 11.2. The van der Waals surface area contributed by atoms with Crippen LogP contribution >= 0.6 is 11.3 Å². The van der Waals surface area contributed by atoms with Gasteiger partial charge in [0.15, 0.2) is 0 Å². The second-order valence-corrected chi connectivity index (χ2v) is 6.37. The second-order valence-electron chi connectivity index (χ2n) is 5.42. The van der Waals surface area contributed by atoms with Crippen LogP contribution in [0.1, 0.15) is 29.3 Å². The number of H-pyrrole nitrogens is 1. The number of benzene rings is 1. The van der Waals surface area contributed by atoms with Crippen molar-refractivity contribution < 1.29 is 4.79 Å². The number of nitrogens with one attached hydrogen (secondary N) is 2. The van der Waals surface area contributed by atoms with E-state index in [1.54, 1.807) is 11.3 Å². The highest BCUT2D eigenvalue weighted by Gasteiger charge is 2.13. The van der Waals surface area contributed by atoms with Crippen molar-refractivity contribution in [1.82, 2.24) is 9.97 Å². The Kier molecular flexibility index (Phi) is 3.75. The van der Waals surface area contributed by atoms with Crippen molar-refractivity contribution in [2.24, 2.45) is 5.92 Å². The van der Waals surface area contributed by atoms with Crippen LogP contribution in [0, 0.1) is 5.92 Å². The first-order valence-corrected chi connectivity index (χ1v) is 7.83. The van der Waals surface area contributed by atoms with Crippen LogP contribution < -0.4 is 5.32 Å². The van der Waals surface area contributed by atoms with E-state index in [9.17, 15) is 4.79 Å². The minimum absolute atomic E-state index is 0.157. The molecule has 3 aromatic rings. The zero-order valence-corrected chi connectivity index (χ0v) is 12.8. The van der Waals surface area contributed by atoms with Gasteiger partial charge < -0.3 is 10.3 Å². The molecule has 4 nitrogen and oxygen atoms in total. The summed E-state index contributed by atoms with van der Waals surface area (Å²) in [6.07, 6.45) is 2.77. The standard InChI is InChI=1S/C16H17N3OS/c1-10(2)8-15-18-14(9-21-15)16(20)19-13-5-3-4-12-11(13)6-7-17-12/h3-7,9-10,17H,8H2,1-2H3,(H,19,20). The lowest BCUT2D eigenvalue weighted by Crippen LogP contribution is -2.12. The SMILES string of the molecule is CC(C)Cc1nc(C(=O)Nc2cccc3[nH]ccc23)cs1. The Bertz CT molecular complexity index is 773. The van der Waals surface area contributed by atoms with Crippen LogP contribution in [-0.2, 0) is 6.42 Å². The average Bonchev–Trinajstić information content (AvgIpc) is 3.07.